The van der Waals surface area contributed by atoms with Crippen molar-refractivity contribution in [2.75, 3.05) is 12.4 Å². The van der Waals surface area contributed by atoms with Gasteiger partial charge in [-0.1, -0.05) is 60.7 Å². The number of alkyl halides is 2. The molecule has 1 heterocycles. The summed E-state index contributed by atoms with van der Waals surface area (Å²) >= 11 is 0. The summed E-state index contributed by atoms with van der Waals surface area (Å²) in [7, 11) is -4.41. The van der Waals surface area contributed by atoms with E-state index in [0.717, 1.165) is 5.56 Å². The minimum Gasteiger partial charge on any atom is -0.459 e. The number of aryl methyl sites for hydroxylation is 1. The number of ether oxygens (including phenoxy) is 3. The molecule has 3 aromatic rings. The van der Waals surface area contributed by atoms with Gasteiger partial charge in [-0.05, 0) is 41.3 Å². The number of aliphatic hydroxyl groups excluding tert-OH is 1. The topological polar surface area (TPSA) is 136 Å². The van der Waals surface area contributed by atoms with Crippen LogP contribution >= 0.6 is 0 Å². The Labute approximate surface area is 222 Å². The Bertz CT molecular complexity index is 1430. The molecule has 9 nitrogen and oxygen atoms in total. The minimum atomic E-state index is -4.41. The van der Waals surface area contributed by atoms with Gasteiger partial charge in [-0.25, -0.2) is 9.59 Å². The second kappa shape index (κ2) is 11.6. The van der Waals surface area contributed by atoms with Gasteiger partial charge in [0.2, 0.25) is 6.29 Å². The lowest BCUT2D eigenvalue weighted by molar-refractivity contribution is -0.199. The van der Waals surface area contributed by atoms with E-state index in [1.54, 1.807) is 48.5 Å². The molecule has 206 valence electrons. The molecule has 0 bridgehead atoms. The molecule has 0 aromatic heterocycles. The summed E-state index contributed by atoms with van der Waals surface area (Å²) < 4.78 is 76.4. The van der Waals surface area contributed by atoms with Crippen molar-refractivity contribution in [2.24, 2.45) is 0 Å². The van der Waals surface area contributed by atoms with Crippen molar-refractivity contribution >= 4 is 22.1 Å². The van der Waals surface area contributed by atoms with Crippen LogP contribution in [0.3, 0.4) is 0 Å². The van der Waals surface area contributed by atoms with Crippen LogP contribution in [0.1, 0.15) is 26.3 Å². The molecule has 12 heteroatoms. The highest BCUT2D eigenvalue weighted by atomic mass is 32.2. The maximum Gasteiger partial charge on any atom is 0.338 e. The van der Waals surface area contributed by atoms with Gasteiger partial charge in [-0.15, -0.1) is 0 Å². The molecular formula is C27H24F2O9S. The number of aliphatic hydroxyl groups is 1. The molecule has 1 fully saturated rings. The van der Waals surface area contributed by atoms with E-state index in [9.17, 15) is 36.4 Å². The highest BCUT2D eigenvalue weighted by molar-refractivity contribution is 7.85. The third-order valence-corrected chi connectivity index (χ3v) is 6.75. The first-order valence-corrected chi connectivity index (χ1v) is 13.3. The monoisotopic (exact) mass is 562 g/mol. The quantitative estimate of drug-likeness (QED) is 0.297. The van der Waals surface area contributed by atoms with Gasteiger partial charge in [0, 0.05) is 0 Å². The zero-order chi connectivity index (χ0) is 28.2. The van der Waals surface area contributed by atoms with Crippen molar-refractivity contribution in [1.29, 1.82) is 0 Å². The van der Waals surface area contributed by atoms with E-state index >= 15 is 0 Å². The number of rotatable bonds is 9. The predicted octanol–water partition coefficient (Wildman–Crippen LogP) is 3.52. The van der Waals surface area contributed by atoms with Crippen LogP contribution in [0, 0.1) is 0 Å². The van der Waals surface area contributed by atoms with Gasteiger partial charge in [0.05, 0.1) is 16.9 Å². The molecule has 4 rings (SSSR count). The van der Waals surface area contributed by atoms with Crippen molar-refractivity contribution in [3.8, 4) is 11.1 Å². The Morgan fingerprint density at radius 1 is 0.923 bits per heavy atom. The molecule has 3 atom stereocenters. The normalized spacial score (nSPS) is 20.4. The number of benzene rings is 3. The first-order chi connectivity index (χ1) is 18.5. The first kappa shape index (κ1) is 28.3. The fourth-order valence-corrected chi connectivity index (χ4v) is 4.52. The van der Waals surface area contributed by atoms with Crippen LogP contribution in [0.15, 0.2) is 78.9 Å². The van der Waals surface area contributed by atoms with E-state index in [0.29, 0.717) is 5.56 Å². The Balaban J connectivity index is 1.57. The Hall–Kier alpha value is -3.71. The van der Waals surface area contributed by atoms with Crippen molar-refractivity contribution in [3.63, 3.8) is 0 Å². The molecule has 0 aliphatic carbocycles. The van der Waals surface area contributed by atoms with Crippen molar-refractivity contribution in [3.05, 3.63) is 95.6 Å². The maximum absolute atomic E-state index is 14.8. The number of carbonyl (C=O) groups is 2. The Kier molecular flexibility index (Phi) is 8.40. The molecule has 0 radical (unpaired) electrons. The summed E-state index contributed by atoms with van der Waals surface area (Å²) in [5.41, 5.74) is 1.39. The summed E-state index contributed by atoms with van der Waals surface area (Å²) in [6.45, 7) is -0.749. The summed E-state index contributed by atoms with van der Waals surface area (Å²) in [6.07, 6.45) is -6.97. The third kappa shape index (κ3) is 6.84. The zero-order valence-electron chi connectivity index (χ0n) is 20.3. The van der Waals surface area contributed by atoms with E-state index in [4.69, 9.17) is 14.2 Å². The van der Waals surface area contributed by atoms with E-state index in [-0.39, 0.29) is 23.1 Å². The second-order valence-electron chi connectivity index (χ2n) is 8.77. The SMILES string of the molecule is O=C(OC[C@H]1OC(O)C(F)(F)[C@@H]1OC(=O)c1ccc(-c2ccccc2)cc1CCS(=O)(=O)O)c1ccccc1. The molecule has 1 aliphatic rings. The fourth-order valence-electron chi connectivity index (χ4n) is 4.04. The molecule has 0 amide bonds. The Morgan fingerprint density at radius 3 is 2.21 bits per heavy atom. The average Bonchev–Trinajstić information content (AvgIpc) is 3.13. The summed E-state index contributed by atoms with van der Waals surface area (Å²) in [4.78, 5) is 25.3. The standard InChI is InChI=1S/C27H24F2O9S/c28-27(29)23(22(37-26(27)32)16-36-24(30)18-9-5-2-6-10-18)38-25(31)21-12-11-19(17-7-3-1-4-8-17)15-20(21)13-14-39(33,34)35/h1-12,15,22-23,26,32H,13-14,16H2,(H,33,34,35)/t22-,23-,26?/m1/s1. The predicted molar refractivity (Wildman–Crippen MR) is 134 cm³/mol. The van der Waals surface area contributed by atoms with E-state index in [2.05, 4.69) is 0 Å². The van der Waals surface area contributed by atoms with Crippen molar-refractivity contribution in [1.82, 2.24) is 0 Å². The molecule has 39 heavy (non-hydrogen) atoms. The largest absolute Gasteiger partial charge is 0.459 e. The molecular weight excluding hydrogens is 538 g/mol. The van der Waals surface area contributed by atoms with Crippen LogP contribution in [0.4, 0.5) is 8.78 Å². The number of esters is 2. The minimum absolute atomic E-state index is 0.119. The van der Waals surface area contributed by atoms with Crippen molar-refractivity contribution in [2.45, 2.75) is 30.8 Å². The maximum atomic E-state index is 14.8. The number of hydrogen-bond donors (Lipinski definition) is 2. The van der Waals surface area contributed by atoms with Crippen LogP contribution < -0.4 is 0 Å². The molecule has 2 N–H and O–H groups in total. The highest BCUT2D eigenvalue weighted by Crippen LogP contribution is 2.38. The number of carbonyl (C=O) groups excluding carboxylic acids is 2. The van der Waals surface area contributed by atoms with Gasteiger partial charge >= 0.3 is 17.9 Å². The molecule has 0 spiro atoms. The fraction of sp³-hybridized carbons (Fsp3) is 0.259. The van der Waals surface area contributed by atoms with Crippen LogP contribution in [0.25, 0.3) is 11.1 Å². The summed E-state index contributed by atoms with van der Waals surface area (Å²) in [5.74, 6) is -6.86. The summed E-state index contributed by atoms with van der Waals surface area (Å²) in [5, 5.41) is 9.76. The number of halogens is 2. The highest BCUT2D eigenvalue weighted by Gasteiger charge is 2.61. The number of hydrogen-bond acceptors (Lipinski definition) is 8. The van der Waals surface area contributed by atoms with Gasteiger partial charge in [0.1, 0.15) is 12.7 Å². The van der Waals surface area contributed by atoms with Gasteiger partial charge < -0.3 is 19.3 Å². The van der Waals surface area contributed by atoms with E-state index in [1.165, 1.54) is 30.3 Å². The van der Waals surface area contributed by atoms with E-state index in [1.807, 2.05) is 0 Å². The van der Waals surface area contributed by atoms with Crippen LogP contribution in [-0.4, -0.2) is 66.8 Å². The average molecular weight is 563 g/mol. The molecule has 1 saturated heterocycles. The van der Waals surface area contributed by atoms with Gasteiger partial charge in [0.15, 0.2) is 6.10 Å². The molecule has 1 aliphatic heterocycles. The van der Waals surface area contributed by atoms with E-state index < -0.39 is 58.8 Å². The van der Waals surface area contributed by atoms with Gasteiger partial charge in [-0.2, -0.15) is 17.2 Å². The van der Waals surface area contributed by atoms with Crippen LogP contribution in [0.5, 0.6) is 0 Å². The van der Waals surface area contributed by atoms with Gasteiger partial charge in [0.25, 0.3) is 10.1 Å². The summed E-state index contributed by atoms with van der Waals surface area (Å²) in [6, 6.07) is 20.9. The lowest BCUT2D eigenvalue weighted by atomic mass is 9.97. The smallest absolute Gasteiger partial charge is 0.338 e. The third-order valence-electron chi connectivity index (χ3n) is 6.03. The van der Waals surface area contributed by atoms with Crippen LogP contribution in [-0.2, 0) is 30.7 Å². The van der Waals surface area contributed by atoms with Gasteiger partial charge in [-0.3, -0.25) is 4.55 Å². The Morgan fingerprint density at radius 2 is 1.56 bits per heavy atom. The first-order valence-electron chi connectivity index (χ1n) is 11.7. The van der Waals surface area contributed by atoms with Crippen LogP contribution in [0.2, 0.25) is 0 Å². The second-order valence-corrected chi connectivity index (χ2v) is 10.3. The zero-order valence-corrected chi connectivity index (χ0v) is 21.1. The molecule has 3 aromatic carbocycles. The van der Waals surface area contributed by atoms with Crippen molar-refractivity contribution < 1.29 is 50.7 Å². The lowest BCUT2D eigenvalue weighted by Crippen LogP contribution is -2.44. The molecule has 0 saturated carbocycles. The lowest BCUT2D eigenvalue weighted by Gasteiger charge is -2.23. The molecule has 1 unspecified atom stereocenters.